The van der Waals surface area contributed by atoms with Crippen molar-refractivity contribution in [3.63, 3.8) is 0 Å². The summed E-state index contributed by atoms with van der Waals surface area (Å²) in [6.07, 6.45) is 5.79. The number of carbonyl (C=O) groups is 2. The Morgan fingerprint density at radius 2 is 1.86 bits per heavy atom. The average Bonchev–Trinajstić information content (AvgIpc) is 3.00. The summed E-state index contributed by atoms with van der Waals surface area (Å²) in [6, 6.07) is 9.54. The molecule has 2 atom stereocenters. The molecule has 0 heterocycles. The Hall–Kier alpha value is -2.10. The first-order chi connectivity index (χ1) is 13.6. The van der Waals surface area contributed by atoms with Crippen LogP contribution in [0, 0.1) is 22.7 Å². The molecule has 2 aliphatic rings. The van der Waals surface area contributed by atoms with Crippen molar-refractivity contribution in [2.24, 2.45) is 22.7 Å². The molecule has 3 rings (SSSR count). The molecule has 0 aliphatic heterocycles. The van der Waals surface area contributed by atoms with Crippen molar-refractivity contribution in [1.82, 2.24) is 0 Å². The lowest BCUT2D eigenvalue weighted by Gasteiger charge is -2.32. The summed E-state index contributed by atoms with van der Waals surface area (Å²) < 4.78 is 10.2. The molecule has 2 bridgehead atoms. The zero-order chi connectivity index (χ0) is 21.7. The number of benzene rings is 1. The van der Waals surface area contributed by atoms with E-state index in [0.717, 1.165) is 24.8 Å². The van der Waals surface area contributed by atoms with E-state index in [1.807, 2.05) is 30.3 Å². The molecule has 0 aromatic heterocycles. The highest BCUT2D eigenvalue weighted by molar-refractivity contribution is 5.91. The van der Waals surface area contributed by atoms with E-state index in [-0.39, 0.29) is 16.6 Å². The average molecular weight is 401 g/mol. The molecule has 2 fully saturated rings. The lowest BCUT2D eigenvalue weighted by atomic mass is 9.70. The van der Waals surface area contributed by atoms with Crippen LogP contribution in [0.3, 0.4) is 0 Å². The first-order valence-corrected chi connectivity index (χ1v) is 10.6. The minimum Gasteiger partial charge on any atom is -0.490 e. The second-order valence-corrected chi connectivity index (χ2v) is 9.36. The maximum atomic E-state index is 11.7. The number of ketones is 1. The summed E-state index contributed by atoms with van der Waals surface area (Å²) in [4.78, 5) is 23.3. The van der Waals surface area contributed by atoms with Gasteiger partial charge in [-0.3, -0.25) is 4.79 Å². The number of hydrogen-bond donors (Lipinski definition) is 0. The van der Waals surface area contributed by atoms with Gasteiger partial charge in [-0.15, -0.1) is 0 Å². The Morgan fingerprint density at radius 1 is 1.21 bits per heavy atom. The Kier molecular flexibility index (Phi) is 7.67. The van der Waals surface area contributed by atoms with Crippen LogP contribution >= 0.6 is 0 Å². The topological polar surface area (TPSA) is 52.6 Å². The van der Waals surface area contributed by atoms with Crippen LogP contribution in [-0.4, -0.2) is 25.5 Å². The lowest BCUT2D eigenvalue weighted by molar-refractivity contribution is -0.142. The summed E-state index contributed by atoms with van der Waals surface area (Å²) >= 11 is 0. The molecular weight excluding hydrogens is 364 g/mol. The van der Waals surface area contributed by atoms with Gasteiger partial charge in [0.05, 0.1) is 13.7 Å². The molecule has 0 N–H and O–H groups in total. The van der Waals surface area contributed by atoms with Crippen LogP contribution in [0.1, 0.15) is 65.9 Å². The van der Waals surface area contributed by atoms with Crippen LogP contribution in [-0.2, 0) is 19.1 Å². The van der Waals surface area contributed by atoms with Gasteiger partial charge in [0.1, 0.15) is 5.78 Å². The standard InChI is InChI=1S/C15H20O3.C10H16O/c1-12(2)9-10-18-15(16)14(17-3)11-13-7-5-4-6-8-13;1-9(2)7-4-5-10(9,3)8(11)6-7/h4-8,11-12H,9-10H2,1-3H3;7H,4-6H2,1-3H3. The van der Waals surface area contributed by atoms with Gasteiger partial charge in [0.15, 0.2) is 0 Å². The Labute approximate surface area is 175 Å². The van der Waals surface area contributed by atoms with Crippen molar-refractivity contribution >= 4 is 17.8 Å². The highest BCUT2D eigenvalue weighted by Crippen LogP contribution is 2.63. The van der Waals surface area contributed by atoms with Crippen LogP contribution in [0.5, 0.6) is 0 Å². The van der Waals surface area contributed by atoms with Gasteiger partial charge in [0, 0.05) is 11.8 Å². The SMILES string of the molecule is CC12CCC(CC1=O)C2(C)C.COC(=Cc1ccccc1)C(=O)OCCC(C)C. The zero-order valence-corrected chi connectivity index (χ0v) is 18.8. The van der Waals surface area contributed by atoms with Crippen molar-refractivity contribution in [2.45, 2.75) is 60.3 Å². The van der Waals surface area contributed by atoms with E-state index in [4.69, 9.17) is 9.47 Å². The first kappa shape index (κ1) is 23.2. The van der Waals surface area contributed by atoms with Crippen LogP contribution in [0.4, 0.5) is 0 Å². The quantitative estimate of drug-likeness (QED) is 0.351. The van der Waals surface area contributed by atoms with Crippen LogP contribution in [0.25, 0.3) is 6.08 Å². The van der Waals surface area contributed by atoms with E-state index in [2.05, 4.69) is 34.6 Å². The normalized spacial score (nSPS) is 24.9. The Morgan fingerprint density at radius 3 is 2.28 bits per heavy atom. The van der Waals surface area contributed by atoms with Gasteiger partial charge in [-0.25, -0.2) is 4.79 Å². The monoisotopic (exact) mass is 400 g/mol. The van der Waals surface area contributed by atoms with Gasteiger partial charge in [-0.1, -0.05) is 65.0 Å². The first-order valence-electron chi connectivity index (χ1n) is 10.6. The molecular formula is C25H36O4. The number of methoxy groups -OCH3 is 1. The van der Waals surface area contributed by atoms with Crippen LogP contribution in [0.2, 0.25) is 0 Å². The van der Waals surface area contributed by atoms with Gasteiger partial charge in [0.25, 0.3) is 0 Å². The number of hydrogen-bond acceptors (Lipinski definition) is 4. The fourth-order valence-corrected chi connectivity index (χ4v) is 4.26. The molecule has 29 heavy (non-hydrogen) atoms. The molecule has 2 unspecified atom stereocenters. The van der Waals surface area contributed by atoms with Crippen LogP contribution < -0.4 is 0 Å². The summed E-state index contributed by atoms with van der Waals surface area (Å²) in [7, 11) is 1.47. The fraction of sp³-hybridized carbons (Fsp3) is 0.600. The van der Waals surface area contributed by atoms with Gasteiger partial charge in [-0.05, 0) is 48.2 Å². The van der Waals surface area contributed by atoms with Gasteiger partial charge >= 0.3 is 5.97 Å². The smallest absolute Gasteiger partial charge is 0.373 e. The molecule has 1 aromatic rings. The fourth-order valence-electron chi connectivity index (χ4n) is 4.26. The number of rotatable bonds is 6. The lowest BCUT2D eigenvalue weighted by Crippen LogP contribution is -2.32. The van der Waals surface area contributed by atoms with Gasteiger partial charge < -0.3 is 9.47 Å². The molecule has 2 aliphatic carbocycles. The Balaban J connectivity index is 0.000000230. The third-order valence-corrected chi connectivity index (χ3v) is 6.93. The van der Waals surface area contributed by atoms with Crippen molar-refractivity contribution < 1.29 is 19.1 Å². The number of Topliss-reactive ketones (excluding diaryl/α,β-unsaturated/α-hetero) is 1. The number of esters is 1. The predicted octanol–water partition coefficient (Wildman–Crippen LogP) is 5.66. The molecule has 4 nitrogen and oxygen atoms in total. The van der Waals surface area contributed by atoms with E-state index in [0.29, 0.717) is 24.2 Å². The molecule has 4 heteroatoms. The third kappa shape index (κ3) is 5.29. The zero-order valence-electron chi connectivity index (χ0n) is 18.8. The van der Waals surface area contributed by atoms with E-state index in [9.17, 15) is 9.59 Å². The molecule has 160 valence electrons. The molecule has 0 spiro atoms. The highest BCUT2D eigenvalue weighted by atomic mass is 16.6. The van der Waals surface area contributed by atoms with E-state index in [1.54, 1.807) is 6.08 Å². The number of ether oxygens (including phenoxy) is 2. The van der Waals surface area contributed by atoms with Crippen LogP contribution in [0.15, 0.2) is 36.1 Å². The summed E-state index contributed by atoms with van der Waals surface area (Å²) in [5, 5.41) is 0. The molecule has 0 saturated heterocycles. The third-order valence-electron chi connectivity index (χ3n) is 6.93. The van der Waals surface area contributed by atoms with Gasteiger partial charge in [-0.2, -0.15) is 0 Å². The minimum atomic E-state index is -0.415. The molecule has 0 amide bonds. The van der Waals surface area contributed by atoms with Gasteiger partial charge in [0.2, 0.25) is 5.76 Å². The summed E-state index contributed by atoms with van der Waals surface area (Å²) in [6.45, 7) is 11.3. The maximum absolute atomic E-state index is 11.7. The Bertz CT molecular complexity index is 732. The van der Waals surface area contributed by atoms with E-state index < -0.39 is 5.97 Å². The van der Waals surface area contributed by atoms with E-state index >= 15 is 0 Å². The van der Waals surface area contributed by atoms with E-state index in [1.165, 1.54) is 13.5 Å². The summed E-state index contributed by atoms with van der Waals surface area (Å²) in [5.74, 6) is 1.52. The maximum Gasteiger partial charge on any atom is 0.373 e. The largest absolute Gasteiger partial charge is 0.490 e. The number of carbonyl (C=O) groups excluding carboxylic acids is 2. The van der Waals surface area contributed by atoms with Crippen molar-refractivity contribution in [3.05, 3.63) is 41.7 Å². The second-order valence-electron chi connectivity index (χ2n) is 9.36. The second kappa shape index (κ2) is 9.60. The molecule has 1 aromatic carbocycles. The van der Waals surface area contributed by atoms with Crippen molar-refractivity contribution in [1.29, 1.82) is 0 Å². The highest BCUT2D eigenvalue weighted by Gasteiger charge is 2.61. The minimum absolute atomic E-state index is 0.0255. The molecule has 0 radical (unpaired) electrons. The predicted molar refractivity (Wildman–Crippen MR) is 116 cm³/mol. The molecule has 2 saturated carbocycles. The van der Waals surface area contributed by atoms with Crippen molar-refractivity contribution in [3.8, 4) is 0 Å². The number of fused-ring (bicyclic) bond motifs is 2. The van der Waals surface area contributed by atoms with Crippen molar-refractivity contribution in [2.75, 3.05) is 13.7 Å². The summed E-state index contributed by atoms with van der Waals surface area (Å²) in [5.41, 5.74) is 1.22.